The standard InChI is InChI=1S/C22H23ClN6O2/c23-14-5-7-15(8-6-14)25-22(31)29-12-2-4-19(29)21(30)28-11-1-3-18(28)20-26-16-9-10-24-13-17(16)27-20/h5-10,13,18-19H,1-4,11-12H2,(H,25,31)(H,26,27). The molecule has 2 N–H and O–H groups in total. The highest BCUT2D eigenvalue weighted by atomic mass is 35.5. The van der Waals surface area contributed by atoms with E-state index >= 15 is 0 Å². The first-order valence-corrected chi connectivity index (χ1v) is 10.9. The Kier molecular flexibility index (Phi) is 5.23. The molecular formula is C22H23ClN6O2. The minimum atomic E-state index is -0.459. The predicted octanol–water partition coefficient (Wildman–Crippen LogP) is 3.97. The highest BCUT2D eigenvalue weighted by Gasteiger charge is 2.41. The van der Waals surface area contributed by atoms with E-state index in [0.29, 0.717) is 30.2 Å². The highest BCUT2D eigenvalue weighted by molar-refractivity contribution is 6.30. The number of pyridine rings is 1. The van der Waals surface area contributed by atoms with E-state index in [4.69, 9.17) is 11.6 Å². The lowest BCUT2D eigenvalue weighted by molar-refractivity contribution is -0.136. The molecule has 31 heavy (non-hydrogen) atoms. The van der Waals surface area contributed by atoms with Crippen LogP contribution >= 0.6 is 11.6 Å². The van der Waals surface area contributed by atoms with Gasteiger partial charge >= 0.3 is 6.03 Å². The van der Waals surface area contributed by atoms with Crippen LogP contribution in [0.2, 0.25) is 5.02 Å². The molecular weight excluding hydrogens is 416 g/mol. The number of nitrogens with zero attached hydrogens (tertiary/aromatic N) is 4. The van der Waals surface area contributed by atoms with Gasteiger partial charge in [0.2, 0.25) is 5.91 Å². The predicted molar refractivity (Wildman–Crippen MR) is 118 cm³/mol. The number of anilines is 1. The lowest BCUT2D eigenvalue weighted by Gasteiger charge is -2.30. The Bertz CT molecular complexity index is 1080. The summed E-state index contributed by atoms with van der Waals surface area (Å²) in [5.74, 6) is 0.772. The van der Waals surface area contributed by atoms with E-state index < -0.39 is 6.04 Å². The fraction of sp³-hybridized carbons (Fsp3) is 0.364. The number of halogens is 1. The maximum absolute atomic E-state index is 13.5. The number of fused-ring (bicyclic) bond motifs is 1. The maximum Gasteiger partial charge on any atom is 0.322 e. The van der Waals surface area contributed by atoms with Gasteiger partial charge in [0.15, 0.2) is 0 Å². The summed E-state index contributed by atoms with van der Waals surface area (Å²) in [6.45, 7) is 1.23. The summed E-state index contributed by atoms with van der Waals surface area (Å²) in [7, 11) is 0. The van der Waals surface area contributed by atoms with Crippen molar-refractivity contribution in [2.24, 2.45) is 0 Å². The second kappa shape index (κ2) is 8.19. The molecule has 0 radical (unpaired) electrons. The second-order valence-electron chi connectivity index (χ2n) is 7.99. The molecule has 2 aromatic heterocycles. The summed E-state index contributed by atoms with van der Waals surface area (Å²) >= 11 is 5.92. The molecule has 2 saturated heterocycles. The third kappa shape index (κ3) is 3.83. The molecule has 2 atom stereocenters. The lowest BCUT2D eigenvalue weighted by atomic mass is 10.1. The number of rotatable bonds is 3. The zero-order valence-corrected chi connectivity index (χ0v) is 17.7. The van der Waals surface area contributed by atoms with Crippen molar-refractivity contribution in [3.8, 4) is 0 Å². The van der Waals surface area contributed by atoms with Crippen LogP contribution in [0.4, 0.5) is 10.5 Å². The van der Waals surface area contributed by atoms with Gasteiger partial charge < -0.3 is 20.1 Å². The van der Waals surface area contributed by atoms with E-state index in [1.807, 2.05) is 11.0 Å². The van der Waals surface area contributed by atoms with E-state index in [2.05, 4.69) is 20.3 Å². The minimum Gasteiger partial charge on any atom is -0.339 e. The van der Waals surface area contributed by atoms with Gasteiger partial charge in [-0.15, -0.1) is 0 Å². The number of carbonyl (C=O) groups excluding carboxylic acids is 2. The van der Waals surface area contributed by atoms with Crippen LogP contribution in [0.25, 0.3) is 11.0 Å². The van der Waals surface area contributed by atoms with Crippen LogP contribution in [0, 0.1) is 0 Å². The lowest BCUT2D eigenvalue weighted by Crippen LogP contribution is -2.48. The van der Waals surface area contributed by atoms with Crippen molar-refractivity contribution in [1.29, 1.82) is 0 Å². The summed E-state index contributed by atoms with van der Waals surface area (Å²) in [6, 6.07) is 7.98. The van der Waals surface area contributed by atoms with E-state index in [0.717, 1.165) is 36.1 Å². The first-order chi connectivity index (χ1) is 15.1. The zero-order chi connectivity index (χ0) is 21.4. The van der Waals surface area contributed by atoms with Crippen molar-refractivity contribution in [3.63, 3.8) is 0 Å². The average Bonchev–Trinajstić information content (AvgIpc) is 3.52. The molecule has 0 aliphatic carbocycles. The number of hydrogen-bond acceptors (Lipinski definition) is 4. The number of urea groups is 1. The van der Waals surface area contributed by atoms with Crippen molar-refractivity contribution in [3.05, 3.63) is 53.6 Å². The number of carbonyl (C=O) groups is 2. The number of hydrogen-bond donors (Lipinski definition) is 2. The fourth-order valence-corrected chi connectivity index (χ4v) is 4.66. The van der Waals surface area contributed by atoms with Gasteiger partial charge in [0, 0.05) is 30.0 Å². The van der Waals surface area contributed by atoms with Gasteiger partial charge in [-0.2, -0.15) is 0 Å². The molecule has 0 spiro atoms. The van der Waals surface area contributed by atoms with Crippen LogP contribution in [-0.2, 0) is 4.79 Å². The zero-order valence-electron chi connectivity index (χ0n) is 16.9. The topological polar surface area (TPSA) is 94.2 Å². The SMILES string of the molecule is O=C(Nc1ccc(Cl)cc1)N1CCCC1C(=O)N1CCCC1c1nc2ccncc2[nH]1. The number of aromatic amines is 1. The van der Waals surface area contributed by atoms with Crippen LogP contribution in [-0.4, -0.2) is 55.8 Å². The second-order valence-corrected chi connectivity index (χ2v) is 8.43. The molecule has 2 aliphatic rings. The molecule has 1 aromatic carbocycles. The van der Waals surface area contributed by atoms with Crippen LogP contribution in [0.5, 0.6) is 0 Å². The van der Waals surface area contributed by atoms with Crippen molar-refractivity contribution >= 4 is 40.3 Å². The van der Waals surface area contributed by atoms with Crippen molar-refractivity contribution in [2.75, 3.05) is 18.4 Å². The Morgan fingerprint density at radius 1 is 1.06 bits per heavy atom. The molecule has 5 rings (SSSR count). The van der Waals surface area contributed by atoms with Crippen molar-refractivity contribution in [1.82, 2.24) is 24.8 Å². The molecule has 0 bridgehead atoms. The highest BCUT2D eigenvalue weighted by Crippen LogP contribution is 2.34. The van der Waals surface area contributed by atoms with Gasteiger partial charge in [-0.1, -0.05) is 11.6 Å². The maximum atomic E-state index is 13.5. The number of amides is 3. The normalized spacial score (nSPS) is 21.1. The Labute approximate surface area is 184 Å². The van der Waals surface area contributed by atoms with E-state index in [1.165, 1.54) is 0 Å². The summed E-state index contributed by atoms with van der Waals surface area (Å²) in [4.78, 5) is 42.0. The van der Waals surface area contributed by atoms with Crippen LogP contribution < -0.4 is 5.32 Å². The van der Waals surface area contributed by atoms with Crippen molar-refractivity contribution < 1.29 is 9.59 Å². The number of aromatic nitrogens is 3. The molecule has 2 fully saturated rings. The van der Waals surface area contributed by atoms with Gasteiger partial charge in [0.25, 0.3) is 0 Å². The van der Waals surface area contributed by atoms with E-state index in [1.54, 1.807) is 41.6 Å². The van der Waals surface area contributed by atoms with Gasteiger partial charge in [-0.3, -0.25) is 9.78 Å². The fourth-order valence-electron chi connectivity index (χ4n) is 4.54. The molecule has 0 saturated carbocycles. The molecule has 8 nitrogen and oxygen atoms in total. The minimum absolute atomic E-state index is 0.00941. The number of H-pyrrole nitrogens is 1. The van der Waals surface area contributed by atoms with E-state index in [-0.39, 0.29) is 18.0 Å². The summed E-state index contributed by atoms with van der Waals surface area (Å²) < 4.78 is 0. The largest absolute Gasteiger partial charge is 0.339 e. The summed E-state index contributed by atoms with van der Waals surface area (Å²) in [5, 5.41) is 3.48. The molecule has 3 aromatic rings. The third-order valence-corrected chi connectivity index (χ3v) is 6.30. The first kappa shape index (κ1) is 19.8. The van der Waals surface area contributed by atoms with E-state index in [9.17, 15) is 9.59 Å². The van der Waals surface area contributed by atoms with Crippen LogP contribution in [0.3, 0.4) is 0 Å². The van der Waals surface area contributed by atoms with Gasteiger partial charge in [0.05, 0.1) is 23.3 Å². The summed E-state index contributed by atoms with van der Waals surface area (Å²) in [5.41, 5.74) is 2.36. The Hall–Kier alpha value is -3.13. The summed E-state index contributed by atoms with van der Waals surface area (Å²) in [6.07, 6.45) is 6.68. The number of imidazole rings is 1. The molecule has 160 valence electrons. The monoisotopic (exact) mass is 438 g/mol. The first-order valence-electron chi connectivity index (χ1n) is 10.5. The Balaban J connectivity index is 1.32. The molecule has 9 heteroatoms. The smallest absolute Gasteiger partial charge is 0.322 e. The molecule has 3 amide bonds. The molecule has 2 aliphatic heterocycles. The Morgan fingerprint density at radius 3 is 2.65 bits per heavy atom. The number of nitrogens with one attached hydrogen (secondary N) is 2. The van der Waals surface area contributed by atoms with Crippen LogP contribution in [0.15, 0.2) is 42.7 Å². The Morgan fingerprint density at radius 2 is 1.84 bits per heavy atom. The average molecular weight is 439 g/mol. The molecule has 2 unspecified atom stereocenters. The van der Waals surface area contributed by atoms with Crippen LogP contribution in [0.1, 0.15) is 37.5 Å². The van der Waals surface area contributed by atoms with Gasteiger partial charge in [-0.05, 0) is 56.0 Å². The van der Waals surface area contributed by atoms with Gasteiger partial charge in [0.1, 0.15) is 11.9 Å². The molecule has 4 heterocycles. The number of likely N-dealkylation sites (tertiary alicyclic amines) is 2. The number of benzene rings is 1. The van der Waals surface area contributed by atoms with Gasteiger partial charge in [-0.25, -0.2) is 9.78 Å². The van der Waals surface area contributed by atoms with Crippen molar-refractivity contribution in [2.45, 2.75) is 37.8 Å². The third-order valence-electron chi connectivity index (χ3n) is 6.05. The quantitative estimate of drug-likeness (QED) is 0.646.